The number of hydrogen-bond acceptors (Lipinski definition) is 4. The fourth-order valence-electron chi connectivity index (χ4n) is 2.63. The van der Waals surface area contributed by atoms with Crippen molar-refractivity contribution in [3.63, 3.8) is 0 Å². The molecule has 0 N–H and O–H groups in total. The predicted octanol–water partition coefficient (Wildman–Crippen LogP) is 2.99. The Hall–Kier alpha value is -1.36. The molecule has 1 heterocycles. The smallest absolute Gasteiger partial charge is 0.276 e. The molecule has 0 radical (unpaired) electrons. The van der Waals surface area contributed by atoms with E-state index in [9.17, 15) is 4.79 Å². The zero-order chi connectivity index (χ0) is 16.1. The van der Waals surface area contributed by atoms with Gasteiger partial charge in [-0.15, -0.1) is 0 Å². The average molecular weight is 307 g/mol. The van der Waals surface area contributed by atoms with Crippen LogP contribution in [-0.2, 0) is 0 Å². The molecule has 5 nitrogen and oxygen atoms in total. The van der Waals surface area contributed by atoms with Crippen LogP contribution in [0, 0.1) is 5.92 Å². The van der Waals surface area contributed by atoms with E-state index in [1.807, 2.05) is 11.0 Å². The van der Waals surface area contributed by atoms with Gasteiger partial charge in [0.05, 0.1) is 0 Å². The minimum atomic E-state index is -0.00324. The summed E-state index contributed by atoms with van der Waals surface area (Å²) in [7, 11) is 0. The first-order chi connectivity index (χ1) is 10.5. The van der Waals surface area contributed by atoms with E-state index < -0.39 is 0 Å². The minimum absolute atomic E-state index is 0.00324. The number of carbonyl (C=O) groups excluding carboxylic acids is 1. The van der Waals surface area contributed by atoms with Gasteiger partial charge in [-0.2, -0.15) is 0 Å². The Morgan fingerprint density at radius 2 is 2.00 bits per heavy atom. The molecule has 1 aromatic rings. The number of amides is 1. The number of aromatic nitrogens is 1. The molecule has 1 saturated carbocycles. The van der Waals surface area contributed by atoms with Gasteiger partial charge in [0.25, 0.3) is 5.91 Å². The lowest BCUT2D eigenvalue weighted by atomic mass is 10.2. The number of hydrogen-bond donors (Lipinski definition) is 0. The SMILES string of the molecule is CCN(CC)CCN(CC(C)C)C(=O)c1cc(C2CC2)on1. The Morgan fingerprint density at radius 1 is 1.32 bits per heavy atom. The third-order valence-electron chi connectivity index (χ3n) is 4.18. The van der Waals surface area contributed by atoms with Crippen LogP contribution in [0.3, 0.4) is 0 Å². The third kappa shape index (κ3) is 4.57. The van der Waals surface area contributed by atoms with Crippen LogP contribution in [0.5, 0.6) is 0 Å². The Balaban J connectivity index is 2.00. The van der Waals surface area contributed by atoms with Crippen molar-refractivity contribution in [2.45, 2.75) is 46.5 Å². The van der Waals surface area contributed by atoms with Gasteiger partial charge in [0.1, 0.15) is 5.76 Å². The van der Waals surface area contributed by atoms with Crippen LogP contribution >= 0.6 is 0 Å². The van der Waals surface area contributed by atoms with Crippen molar-refractivity contribution < 1.29 is 9.32 Å². The van der Waals surface area contributed by atoms with Crippen LogP contribution in [-0.4, -0.2) is 53.6 Å². The Labute approximate surface area is 133 Å². The first-order valence-corrected chi connectivity index (χ1v) is 8.53. The molecule has 0 bridgehead atoms. The van der Waals surface area contributed by atoms with Crippen molar-refractivity contribution in [1.82, 2.24) is 15.0 Å². The van der Waals surface area contributed by atoms with Gasteiger partial charge < -0.3 is 14.3 Å². The predicted molar refractivity (Wildman–Crippen MR) is 87.0 cm³/mol. The summed E-state index contributed by atoms with van der Waals surface area (Å²) in [5.74, 6) is 1.80. The molecule has 0 saturated heterocycles. The van der Waals surface area contributed by atoms with Crippen molar-refractivity contribution in [2.24, 2.45) is 5.92 Å². The Bertz CT molecular complexity index is 476. The highest BCUT2D eigenvalue weighted by molar-refractivity contribution is 5.92. The molecule has 0 aromatic carbocycles. The van der Waals surface area contributed by atoms with E-state index in [2.05, 4.69) is 37.8 Å². The van der Waals surface area contributed by atoms with Gasteiger partial charge >= 0.3 is 0 Å². The molecule has 1 fully saturated rings. The van der Waals surface area contributed by atoms with E-state index in [-0.39, 0.29) is 5.91 Å². The van der Waals surface area contributed by atoms with Crippen molar-refractivity contribution in [3.05, 3.63) is 17.5 Å². The molecule has 1 aliphatic carbocycles. The summed E-state index contributed by atoms with van der Waals surface area (Å²) in [5, 5.41) is 3.99. The summed E-state index contributed by atoms with van der Waals surface area (Å²) in [5.41, 5.74) is 0.460. The number of carbonyl (C=O) groups is 1. The third-order valence-corrected chi connectivity index (χ3v) is 4.18. The van der Waals surface area contributed by atoms with Gasteiger partial charge in [-0.3, -0.25) is 4.79 Å². The number of likely N-dealkylation sites (N-methyl/N-ethyl adjacent to an activating group) is 1. The quantitative estimate of drug-likeness (QED) is 0.704. The highest BCUT2D eigenvalue weighted by atomic mass is 16.5. The zero-order valence-corrected chi connectivity index (χ0v) is 14.3. The van der Waals surface area contributed by atoms with E-state index >= 15 is 0 Å². The second kappa shape index (κ2) is 7.77. The van der Waals surface area contributed by atoms with Gasteiger partial charge in [-0.1, -0.05) is 32.9 Å². The Kier molecular flexibility index (Phi) is 6.00. The average Bonchev–Trinajstić information content (AvgIpc) is 3.23. The van der Waals surface area contributed by atoms with Crippen LogP contribution < -0.4 is 0 Å². The maximum Gasteiger partial charge on any atom is 0.276 e. The summed E-state index contributed by atoms with van der Waals surface area (Å²) in [6.07, 6.45) is 2.31. The molecule has 1 aromatic heterocycles. The van der Waals surface area contributed by atoms with E-state index in [0.29, 0.717) is 17.5 Å². The molecule has 1 aliphatic rings. The van der Waals surface area contributed by atoms with E-state index in [1.54, 1.807) is 0 Å². The molecule has 124 valence electrons. The van der Waals surface area contributed by atoms with Crippen molar-refractivity contribution in [1.29, 1.82) is 0 Å². The minimum Gasteiger partial charge on any atom is -0.360 e. The maximum atomic E-state index is 12.7. The molecule has 1 amide bonds. The Morgan fingerprint density at radius 3 is 2.55 bits per heavy atom. The standard InChI is InChI=1S/C17H29N3O2/c1-5-19(6-2)9-10-20(12-13(3)4)17(21)15-11-16(22-18-15)14-7-8-14/h11,13-14H,5-10,12H2,1-4H3. The monoisotopic (exact) mass is 307 g/mol. The molecule has 0 aliphatic heterocycles. The van der Waals surface area contributed by atoms with Crippen molar-refractivity contribution in [3.8, 4) is 0 Å². The largest absolute Gasteiger partial charge is 0.360 e. The maximum absolute atomic E-state index is 12.7. The second-order valence-electron chi connectivity index (χ2n) is 6.56. The van der Waals surface area contributed by atoms with Crippen LogP contribution in [0.2, 0.25) is 0 Å². The van der Waals surface area contributed by atoms with Crippen LogP contribution in [0.4, 0.5) is 0 Å². The van der Waals surface area contributed by atoms with Gasteiger partial charge in [0, 0.05) is 31.6 Å². The van der Waals surface area contributed by atoms with Crippen molar-refractivity contribution >= 4 is 5.91 Å². The topological polar surface area (TPSA) is 49.6 Å². The molecular formula is C17H29N3O2. The second-order valence-corrected chi connectivity index (χ2v) is 6.56. The fourth-order valence-corrected chi connectivity index (χ4v) is 2.63. The van der Waals surface area contributed by atoms with Gasteiger partial charge in [0.2, 0.25) is 0 Å². The molecule has 0 atom stereocenters. The van der Waals surface area contributed by atoms with Crippen LogP contribution in [0.1, 0.15) is 62.7 Å². The van der Waals surface area contributed by atoms with Gasteiger partial charge in [-0.25, -0.2) is 0 Å². The van der Waals surface area contributed by atoms with E-state index in [4.69, 9.17) is 4.52 Å². The summed E-state index contributed by atoms with van der Waals surface area (Å²) >= 11 is 0. The molecule has 0 spiro atoms. The van der Waals surface area contributed by atoms with Gasteiger partial charge in [-0.05, 0) is 31.8 Å². The first-order valence-electron chi connectivity index (χ1n) is 8.53. The fraction of sp³-hybridized carbons (Fsp3) is 0.765. The first kappa shape index (κ1) is 17.0. The summed E-state index contributed by atoms with van der Waals surface area (Å²) in [6, 6.07) is 1.84. The van der Waals surface area contributed by atoms with E-state index in [1.165, 1.54) is 0 Å². The molecule has 22 heavy (non-hydrogen) atoms. The van der Waals surface area contributed by atoms with Crippen LogP contribution in [0.15, 0.2) is 10.6 Å². The number of rotatable bonds is 9. The lowest BCUT2D eigenvalue weighted by molar-refractivity contribution is 0.0706. The lowest BCUT2D eigenvalue weighted by Crippen LogP contribution is -2.40. The van der Waals surface area contributed by atoms with Crippen molar-refractivity contribution in [2.75, 3.05) is 32.7 Å². The highest BCUT2D eigenvalue weighted by Gasteiger charge is 2.30. The highest BCUT2D eigenvalue weighted by Crippen LogP contribution is 2.40. The lowest BCUT2D eigenvalue weighted by Gasteiger charge is -2.27. The van der Waals surface area contributed by atoms with Gasteiger partial charge in [0.15, 0.2) is 5.69 Å². The van der Waals surface area contributed by atoms with Crippen LogP contribution in [0.25, 0.3) is 0 Å². The summed E-state index contributed by atoms with van der Waals surface area (Å²) in [6.45, 7) is 13.0. The number of nitrogens with zero attached hydrogens (tertiary/aromatic N) is 3. The summed E-state index contributed by atoms with van der Waals surface area (Å²) < 4.78 is 5.32. The summed E-state index contributed by atoms with van der Waals surface area (Å²) in [4.78, 5) is 17.0. The molecule has 0 unspecified atom stereocenters. The zero-order valence-electron chi connectivity index (χ0n) is 14.3. The normalized spacial score (nSPS) is 14.8. The molecular weight excluding hydrogens is 278 g/mol. The van der Waals surface area contributed by atoms with E-state index in [0.717, 1.165) is 51.3 Å². The molecule has 2 rings (SSSR count). The molecule has 5 heteroatoms.